The molecule has 4 nitrogen and oxygen atoms in total. The van der Waals surface area contributed by atoms with Crippen LogP contribution >= 0.6 is 0 Å². The van der Waals surface area contributed by atoms with Crippen LogP contribution in [0.15, 0.2) is 72.8 Å². The first-order chi connectivity index (χ1) is 14.7. The summed E-state index contributed by atoms with van der Waals surface area (Å²) in [6, 6.07) is 24.3. The fraction of sp³-hybridized carbons (Fsp3) is 0.154. The summed E-state index contributed by atoms with van der Waals surface area (Å²) in [5.74, 6) is 0.0558. The summed E-state index contributed by atoms with van der Waals surface area (Å²) in [6.07, 6.45) is 3.35. The van der Waals surface area contributed by atoms with Gasteiger partial charge in [-0.1, -0.05) is 72.8 Å². The monoisotopic (exact) mass is 394 g/mol. The largest absolute Gasteiger partial charge is 0.449 e. The number of aryl methyl sites for hydroxylation is 1. The van der Waals surface area contributed by atoms with E-state index in [1.54, 1.807) is 6.07 Å². The van der Waals surface area contributed by atoms with Crippen molar-refractivity contribution in [1.82, 2.24) is 5.32 Å². The Balaban J connectivity index is 1.32. The van der Waals surface area contributed by atoms with Gasteiger partial charge in [-0.15, -0.1) is 0 Å². The maximum absolute atomic E-state index is 12.2. The molecule has 1 N–H and O–H groups in total. The number of nitrogens with zero attached hydrogens (tertiary/aromatic N) is 1. The normalized spacial score (nSPS) is 12.3. The molecule has 3 aromatic carbocycles. The van der Waals surface area contributed by atoms with E-state index in [0.29, 0.717) is 18.7 Å². The fourth-order valence-electron chi connectivity index (χ4n) is 3.90. The van der Waals surface area contributed by atoms with Gasteiger partial charge in [0.05, 0.1) is 11.6 Å². The number of rotatable bonds is 5. The zero-order valence-electron chi connectivity index (χ0n) is 16.8. The third-order valence-electron chi connectivity index (χ3n) is 5.39. The van der Waals surface area contributed by atoms with Gasteiger partial charge in [0.2, 0.25) is 0 Å². The Morgan fingerprint density at radius 3 is 2.37 bits per heavy atom. The Morgan fingerprint density at radius 2 is 1.73 bits per heavy atom. The molecule has 0 bridgehead atoms. The third kappa shape index (κ3) is 3.97. The van der Waals surface area contributed by atoms with Crippen LogP contribution in [0.25, 0.3) is 17.2 Å². The van der Waals surface area contributed by atoms with Gasteiger partial charge in [0, 0.05) is 12.5 Å². The van der Waals surface area contributed by atoms with Crippen molar-refractivity contribution in [3.8, 4) is 17.2 Å². The first-order valence-corrected chi connectivity index (χ1v) is 9.93. The van der Waals surface area contributed by atoms with Gasteiger partial charge < -0.3 is 10.1 Å². The second-order valence-corrected chi connectivity index (χ2v) is 7.29. The topological polar surface area (TPSA) is 62.1 Å². The quantitative estimate of drug-likeness (QED) is 0.629. The first-order valence-electron chi connectivity index (χ1n) is 9.93. The van der Waals surface area contributed by atoms with Crippen molar-refractivity contribution in [1.29, 1.82) is 5.26 Å². The number of nitrogens with one attached hydrogen (secondary N) is 1. The summed E-state index contributed by atoms with van der Waals surface area (Å²) >= 11 is 0. The molecule has 4 heteroatoms. The smallest absolute Gasteiger partial charge is 0.407 e. The fourth-order valence-corrected chi connectivity index (χ4v) is 3.90. The van der Waals surface area contributed by atoms with Crippen LogP contribution in [-0.2, 0) is 4.74 Å². The van der Waals surface area contributed by atoms with Crippen molar-refractivity contribution in [2.75, 3.05) is 13.2 Å². The van der Waals surface area contributed by atoms with E-state index in [-0.39, 0.29) is 5.92 Å². The van der Waals surface area contributed by atoms with Crippen molar-refractivity contribution in [3.05, 3.63) is 101 Å². The minimum atomic E-state index is -0.433. The Labute approximate surface area is 176 Å². The summed E-state index contributed by atoms with van der Waals surface area (Å²) in [6.45, 7) is 2.58. The molecule has 0 fully saturated rings. The van der Waals surface area contributed by atoms with Crippen LogP contribution < -0.4 is 5.32 Å². The average Bonchev–Trinajstić information content (AvgIpc) is 3.09. The summed E-state index contributed by atoms with van der Waals surface area (Å²) < 4.78 is 5.52. The van der Waals surface area contributed by atoms with Gasteiger partial charge in [-0.05, 0) is 46.4 Å². The maximum atomic E-state index is 12.2. The van der Waals surface area contributed by atoms with Crippen molar-refractivity contribution in [2.24, 2.45) is 0 Å². The van der Waals surface area contributed by atoms with Crippen LogP contribution in [0.5, 0.6) is 0 Å². The molecule has 1 aliphatic carbocycles. The second kappa shape index (κ2) is 8.67. The summed E-state index contributed by atoms with van der Waals surface area (Å²) in [5, 5.41) is 11.8. The highest BCUT2D eigenvalue weighted by Gasteiger charge is 2.28. The number of hydrogen-bond donors (Lipinski definition) is 1. The summed E-state index contributed by atoms with van der Waals surface area (Å²) in [7, 11) is 0. The van der Waals surface area contributed by atoms with Crippen molar-refractivity contribution in [2.45, 2.75) is 12.8 Å². The Morgan fingerprint density at radius 1 is 1.07 bits per heavy atom. The number of fused-ring (bicyclic) bond motifs is 3. The SMILES string of the molecule is Cc1cc(C=CCNC(=O)OCC2c3ccccc3-c3ccccc32)ccc1C#N. The molecule has 3 aromatic rings. The molecule has 4 rings (SSSR count). The zero-order valence-corrected chi connectivity index (χ0v) is 16.8. The lowest BCUT2D eigenvalue weighted by molar-refractivity contribution is 0.144. The number of alkyl carbamates (subject to hydrolysis) is 1. The Kier molecular flexibility index (Phi) is 5.63. The van der Waals surface area contributed by atoms with Crippen molar-refractivity contribution < 1.29 is 9.53 Å². The molecule has 0 aromatic heterocycles. The molecule has 1 amide bonds. The molecule has 30 heavy (non-hydrogen) atoms. The second-order valence-electron chi connectivity index (χ2n) is 7.29. The highest BCUT2D eigenvalue weighted by molar-refractivity contribution is 5.79. The van der Waals surface area contributed by atoms with E-state index in [4.69, 9.17) is 10.00 Å². The minimum absolute atomic E-state index is 0.0558. The summed E-state index contributed by atoms with van der Waals surface area (Å²) in [5.41, 5.74) is 7.41. The Hall–Kier alpha value is -3.84. The van der Waals surface area contributed by atoms with Gasteiger partial charge in [-0.2, -0.15) is 5.26 Å². The summed E-state index contributed by atoms with van der Waals surface area (Å²) in [4.78, 5) is 12.2. The highest BCUT2D eigenvalue weighted by Crippen LogP contribution is 2.44. The molecule has 148 valence electrons. The number of hydrogen-bond acceptors (Lipinski definition) is 3. The number of ether oxygens (including phenoxy) is 1. The molecule has 0 radical (unpaired) electrons. The lowest BCUT2D eigenvalue weighted by atomic mass is 9.98. The van der Waals surface area contributed by atoms with E-state index >= 15 is 0 Å². The number of carbonyl (C=O) groups excluding carboxylic acids is 1. The maximum Gasteiger partial charge on any atom is 0.407 e. The number of benzene rings is 3. The van der Waals surface area contributed by atoms with Gasteiger partial charge in [0.15, 0.2) is 0 Å². The van der Waals surface area contributed by atoms with Crippen LogP contribution in [0.2, 0.25) is 0 Å². The Bertz CT molecular complexity index is 1110. The molecule has 0 saturated carbocycles. The molecular formula is C26H22N2O2. The number of amides is 1. The highest BCUT2D eigenvalue weighted by atomic mass is 16.5. The average molecular weight is 394 g/mol. The van der Waals surface area contributed by atoms with E-state index in [0.717, 1.165) is 11.1 Å². The van der Waals surface area contributed by atoms with Crippen molar-refractivity contribution >= 4 is 12.2 Å². The van der Waals surface area contributed by atoms with E-state index in [1.165, 1.54) is 22.3 Å². The van der Waals surface area contributed by atoms with E-state index in [2.05, 4.69) is 35.7 Å². The zero-order chi connectivity index (χ0) is 20.9. The van der Waals surface area contributed by atoms with E-state index in [1.807, 2.05) is 55.5 Å². The predicted molar refractivity (Wildman–Crippen MR) is 118 cm³/mol. The molecule has 1 aliphatic rings. The number of nitriles is 1. The molecular weight excluding hydrogens is 372 g/mol. The molecule has 0 aliphatic heterocycles. The van der Waals surface area contributed by atoms with Crippen molar-refractivity contribution in [3.63, 3.8) is 0 Å². The van der Waals surface area contributed by atoms with E-state index in [9.17, 15) is 4.79 Å². The third-order valence-corrected chi connectivity index (χ3v) is 5.39. The predicted octanol–water partition coefficient (Wildman–Crippen LogP) is 5.42. The molecule has 0 unspecified atom stereocenters. The van der Waals surface area contributed by atoms with Gasteiger partial charge in [0.25, 0.3) is 0 Å². The van der Waals surface area contributed by atoms with Crippen LogP contribution in [0, 0.1) is 18.3 Å². The van der Waals surface area contributed by atoms with Gasteiger partial charge in [-0.25, -0.2) is 4.79 Å². The van der Waals surface area contributed by atoms with Gasteiger partial charge in [-0.3, -0.25) is 0 Å². The number of carbonyl (C=O) groups is 1. The van der Waals surface area contributed by atoms with Crippen LogP contribution in [0.1, 0.15) is 33.7 Å². The van der Waals surface area contributed by atoms with Gasteiger partial charge >= 0.3 is 6.09 Å². The van der Waals surface area contributed by atoms with Gasteiger partial charge in [0.1, 0.15) is 6.61 Å². The van der Waals surface area contributed by atoms with Crippen LogP contribution in [-0.4, -0.2) is 19.2 Å². The standard InChI is InChI=1S/C26H22N2O2/c1-18-15-19(12-13-20(18)16-27)7-6-14-28-26(29)30-17-25-23-10-4-2-8-21(23)22-9-3-5-11-24(22)25/h2-13,15,25H,14,17H2,1H3,(H,28,29). The van der Waals surface area contributed by atoms with E-state index < -0.39 is 6.09 Å². The molecule has 0 spiro atoms. The van der Waals surface area contributed by atoms with Crippen LogP contribution in [0.4, 0.5) is 4.79 Å². The molecule has 0 saturated heterocycles. The molecule has 0 atom stereocenters. The molecule has 0 heterocycles. The lowest BCUT2D eigenvalue weighted by Crippen LogP contribution is -2.26. The first kappa shape index (κ1) is 19.5. The minimum Gasteiger partial charge on any atom is -0.449 e. The van der Waals surface area contributed by atoms with Crippen LogP contribution in [0.3, 0.4) is 0 Å². The lowest BCUT2D eigenvalue weighted by Gasteiger charge is -2.14.